The van der Waals surface area contributed by atoms with Gasteiger partial charge in [-0.2, -0.15) is 17.5 Å². The number of carboxylic acids is 1. The monoisotopic (exact) mass is 504 g/mol. The van der Waals surface area contributed by atoms with E-state index in [4.69, 9.17) is 12.2 Å². The van der Waals surface area contributed by atoms with Crippen molar-refractivity contribution < 1.29 is 36.6 Å². The van der Waals surface area contributed by atoms with E-state index in [2.05, 4.69) is 0 Å². The molecule has 2 atom stereocenters. The maximum absolute atomic E-state index is 13.1. The molecule has 2 N–H and O–H groups in total. The van der Waals surface area contributed by atoms with Crippen LogP contribution in [0.5, 0.6) is 0 Å². The minimum absolute atomic E-state index is 0.0151. The lowest BCUT2D eigenvalue weighted by atomic mass is 9.95. The van der Waals surface area contributed by atoms with E-state index in [-0.39, 0.29) is 41.4 Å². The molecule has 1 saturated heterocycles. The second-order valence-corrected chi connectivity index (χ2v) is 10.4. The predicted octanol–water partition coefficient (Wildman–Crippen LogP) is 2.97. The van der Waals surface area contributed by atoms with Crippen LogP contribution in [0.15, 0.2) is 47.4 Å². The number of carboxylic acid groups (broad SMARTS) is 1. The number of piperazine rings is 1. The minimum atomic E-state index is -4.87. The van der Waals surface area contributed by atoms with Crippen LogP contribution in [-0.2, 0) is 20.4 Å². The summed E-state index contributed by atoms with van der Waals surface area (Å²) in [6.07, 6.45) is -0.156. The van der Waals surface area contributed by atoms with Gasteiger partial charge in [-0.15, -0.1) is 0 Å². The van der Waals surface area contributed by atoms with Crippen molar-refractivity contribution >= 4 is 38.8 Å². The van der Waals surface area contributed by atoms with Gasteiger partial charge >= 0.3 is 12.1 Å². The van der Waals surface area contributed by atoms with Gasteiger partial charge in [-0.1, -0.05) is 36.5 Å². The molecule has 0 bridgehead atoms. The van der Waals surface area contributed by atoms with E-state index in [1.807, 2.05) is 0 Å². The minimum Gasteiger partial charge on any atom is -0.481 e. The lowest BCUT2D eigenvalue weighted by molar-refractivity contribution is -0.258. The van der Waals surface area contributed by atoms with Crippen LogP contribution in [0.2, 0.25) is 0 Å². The number of alkyl halides is 3. The second kappa shape index (κ2) is 9.16. The number of rotatable bonds is 6. The number of benzene rings is 1. The van der Waals surface area contributed by atoms with Crippen molar-refractivity contribution in [3.63, 3.8) is 0 Å². The molecule has 2 aliphatic rings. The third-order valence-corrected chi connectivity index (χ3v) is 8.21. The van der Waals surface area contributed by atoms with Crippen LogP contribution >= 0.6 is 12.2 Å². The van der Waals surface area contributed by atoms with Gasteiger partial charge in [-0.05, 0) is 30.7 Å². The summed E-state index contributed by atoms with van der Waals surface area (Å²) in [7, 11) is -3.93. The molecule has 1 aliphatic heterocycles. The highest BCUT2D eigenvalue weighted by molar-refractivity contribution is 7.96. The summed E-state index contributed by atoms with van der Waals surface area (Å²) < 4.78 is 66.7. The Kier molecular flexibility index (Phi) is 7.04. The van der Waals surface area contributed by atoms with E-state index in [1.54, 1.807) is 17.1 Å². The number of halogens is 3. The molecule has 33 heavy (non-hydrogen) atoms. The predicted molar refractivity (Wildman–Crippen MR) is 120 cm³/mol. The summed E-state index contributed by atoms with van der Waals surface area (Å²) >= 11 is 5.18. The van der Waals surface area contributed by atoms with Crippen molar-refractivity contribution in [2.75, 3.05) is 24.5 Å². The normalized spacial score (nSPS) is 22.1. The van der Waals surface area contributed by atoms with E-state index in [0.29, 0.717) is 19.0 Å². The van der Waals surface area contributed by atoms with E-state index >= 15 is 0 Å². The maximum Gasteiger partial charge on any atom is 0.421 e. The SMILES string of the molecule is CC(O)(c1ccc(N2CCN(S(=O)(=O)C3=CC=CCC3=S)C[C@@H]2CC(=O)O)cc1)C(F)(F)F. The molecule has 0 saturated carbocycles. The molecule has 0 amide bonds. The van der Waals surface area contributed by atoms with Crippen molar-refractivity contribution in [1.82, 2.24) is 4.31 Å². The van der Waals surface area contributed by atoms with Crippen LogP contribution in [0.4, 0.5) is 18.9 Å². The van der Waals surface area contributed by atoms with E-state index in [1.165, 1.54) is 22.5 Å². The summed E-state index contributed by atoms with van der Waals surface area (Å²) in [5, 5.41) is 19.2. The highest BCUT2D eigenvalue weighted by Gasteiger charge is 2.51. The first-order valence-electron chi connectivity index (χ1n) is 10.0. The van der Waals surface area contributed by atoms with Crippen LogP contribution in [0.25, 0.3) is 0 Å². The van der Waals surface area contributed by atoms with Crippen LogP contribution in [0.1, 0.15) is 25.3 Å². The molecule has 0 aromatic heterocycles. The summed E-state index contributed by atoms with van der Waals surface area (Å²) in [5.74, 6) is -1.14. The number of aliphatic carboxylic acids is 1. The number of thiocarbonyl (C=S) groups is 1. The zero-order valence-electron chi connectivity index (χ0n) is 17.6. The smallest absolute Gasteiger partial charge is 0.421 e. The fourth-order valence-electron chi connectivity index (χ4n) is 3.80. The molecule has 12 heteroatoms. The fraction of sp³-hybridized carbons (Fsp3) is 0.429. The Bertz CT molecular complexity index is 1100. The van der Waals surface area contributed by atoms with Gasteiger partial charge in [-0.25, -0.2) is 8.42 Å². The summed E-state index contributed by atoms with van der Waals surface area (Å²) in [6.45, 7) is 0.699. The largest absolute Gasteiger partial charge is 0.481 e. The quantitative estimate of drug-likeness (QED) is 0.575. The van der Waals surface area contributed by atoms with Crippen LogP contribution in [0, 0.1) is 0 Å². The van der Waals surface area contributed by atoms with Gasteiger partial charge in [0.1, 0.15) is 0 Å². The third-order valence-electron chi connectivity index (χ3n) is 5.75. The number of aliphatic hydroxyl groups is 1. The van der Waals surface area contributed by atoms with Crippen molar-refractivity contribution in [2.24, 2.45) is 0 Å². The molecule has 0 spiro atoms. The Morgan fingerprint density at radius 2 is 1.85 bits per heavy atom. The van der Waals surface area contributed by atoms with Gasteiger partial charge in [0.05, 0.1) is 17.4 Å². The van der Waals surface area contributed by atoms with E-state index in [0.717, 1.165) is 12.1 Å². The number of carbonyl (C=O) groups is 1. The number of anilines is 1. The Labute approximate surface area is 194 Å². The second-order valence-electron chi connectivity index (χ2n) is 8.01. The first-order chi connectivity index (χ1) is 15.2. The number of nitrogens with zero attached hydrogens (tertiary/aromatic N) is 2. The van der Waals surface area contributed by atoms with E-state index in [9.17, 15) is 36.6 Å². The van der Waals surface area contributed by atoms with Gasteiger partial charge in [0.2, 0.25) is 10.0 Å². The van der Waals surface area contributed by atoms with Crippen molar-refractivity contribution in [3.8, 4) is 0 Å². The van der Waals surface area contributed by atoms with Gasteiger partial charge in [0, 0.05) is 36.6 Å². The van der Waals surface area contributed by atoms with E-state index < -0.39 is 33.8 Å². The Morgan fingerprint density at radius 3 is 2.39 bits per heavy atom. The Balaban J connectivity index is 1.86. The molecule has 0 radical (unpaired) electrons. The average Bonchev–Trinajstić information content (AvgIpc) is 2.73. The maximum atomic E-state index is 13.1. The Hall–Kier alpha value is -2.28. The first kappa shape index (κ1) is 25.3. The molecule has 1 heterocycles. The van der Waals surface area contributed by atoms with Crippen molar-refractivity contribution in [1.29, 1.82) is 0 Å². The van der Waals surface area contributed by atoms with Crippen LogP contribution in [-0.4, -0.2) is 65.6 Å². The molecule has 1 aromatic carbocycles. The molecule has 3 rings (SSSR count). The number of sulfonamides is 1. The van der Waals surface area contributed by atoms with Crippen LogP contribution in [0.3, 0.4) is 0 Å². The van der Waals surface area contributed by atoms with Crippen molar-refractivity contribution in [2.45, 2.75) is 37.6 Å². The van der Waals surface area contributed by atoms with Gasteiger partial charge in [-0.3, -0.25) is 4.79 Å². The Morgan fingerprint density at radius 1 is 1.21 bits per heavy atom. The lowest BCUT2D eigenvalue weighted by Gasteiger charge is -2.42. The third kappa shape index (κ3) is 5.13. The molecule has 1 fully saturated rings. The fourth-order valence-corrected chi connectivity index (χ4v) is 5.87. The molecule has 1 unspecified atom stereocenters. The summed E-state index contributed by atoms with van der Waals surface area (Å²) in [4.78, 5) is 13.4. The van der Waals surface area contributed by atoms with Gasteiger partial charge in [0.15, 0.2) is 5.60 Å². The van der Waals surface area contributed by atoms with Gasteiger partial charge in [0.25, 0.3) is 0 Å². The zero-order chi connectivity index (χ0) is 24.6. The number of allylic oxidation sites excluding steroid dienone is 4. The zero-order valence-corrected chi connectivity index (χ0v) is 19.3. The average molecular weight is 505 g/mol. The molecule has 1 aliphatic carbocycles. The molecule has 1 aromatic rings. The van der Waals surface area contributed by atoms with Gasteiger partial charge < -0.3 is 15.1 Å². The molecule has 180 valence electrons. The molecular weight excluding hydrogens is 481 g/mol. The summed E-state index contributed by atoms with van der Waals surface area (Å²) in [5.41, 5.74) is -2.98. The number of hydrogen-bond acceptors (Lipinski definition) is 6. The molecule has 7 nitrogen and oxygen atoms in total. The lowest BCUT2D eigenvalue weighted by Crippen LogP contribution is -2.56. The standard InChI is InChI=1S/C21H23F3N2O5S2/c1-20(29,21(22,23)24)14-6-8-15(9-7-14)26-11-10-25(13-16(26)12-19(27)28)33(30,31)18-5-3-2-4-17(18)32/h2-3,5-9,16,29H,4,10-13H2,1H3,(H,27,28)/t16-,20?/m0/s1. The van der Waals surface area contributed by atoms with Crippen LogP contribution < -0.4 is 4.90 Å². The first-order valence-corrected chi connectivity index (χ1v) is 11.9. The highest BCUT2D eigenvalue weighted by Crippen LogP contribution is 2.39. The van der Waals surface area contributed by atoms with Crippen molar-refractivity contribution in [3.05, 3.63) is 53.0 Å². The molecular formula is C21H23F3N2O5S2. The topological polar surface area (TPSA) is 98.2 Å². The number of hydrogen-bond donors (Lipinski definition) is 2. The highest BCUT2D eigenvalue weighted by atomic mass is 32.2. The summed E-state index contributed by atoms with van der Waals surface area (Å²) in [6, 6.07) is 4.22.